The van der Waals surface area contributed by atoms with Crippen molar-refractivity contribution in [1.82, 2.24) is 0 Å². The van der Waals surface area contributed by atoms with Gasteiger partial charge in [-0.2, -0.15) is 25.3 Å². The number of carboxylic acid groups (broad SMARTS) is 1. The van der Waals surface area contributed by atoms with E-state index < -0.39 is 5.97 Å². The van der Waals surface area contributed by atoms with Crippen molar-refractivity contribution in [3.8, 4) is 0 Å². The Kier molecular flexibility index (Phi) is 13.2. The summed E-state index contributed by atoms with van der Waals surface area (Å²) in [6, 6.07) is 0. The fourth-order valence-electron chi connectivity index (χ4n) is 2.12. The van der Waals surface area contributed by atoms with Crippen LogP contribution in [0, 0.1) is 0 Å². The highest BCUT2D eigenvalue weighted by atomic mass is 32.1. The molecule has 0 amide bonds. The third-order valence-electron chi connectivity index (χ3n) is 3.55. The molecule has 0 fully saturated rings. The van der Waals surface area contributed by atoms with Crippen LogP contribution in [-0.4, -0.2) is 33.6 Å². The van der Waals surface area contributed by atoms with E-state index in [2.05, 4.69) is 25.3 Å². The fourth-order valence-corrected chi connectivity index (χ4v) is 2.94. The molecule has 23 heavy (non-hydrogen) atoms. The van der Waals surface area contributed by atoms with E-state index >= 15 is 0 Å². The summed E-state index contributed by atoms with van der Waals surface area (Å²) >= 11 is 8.62. The van der Waals surface area contributed by atoms with Crippen LogP contribution in [-0.2, 0) is 14.4 Å². The number of ketones is 2. The SMILES string of the molecule is C/C(=C\C(=O)CCCCC(=O)CCCCC(S)CCS)C(=O)O. The fraction of sp³-hybridized carbons (Fsp3) is 0.706. The number of hydrogen-bond donors (Lipinski definition) is 3. The van der Waals surface area contributed by atoms with Gasteiger partial charge in [0.2, 0.25) is 0 Å². The van der Waals surface area contributed by atoms with Crippen molar-refractivity contribution in [3.63, 3.8) is 0 Å². The van der Waals surface area contributed by atoms with E-state index in [9.17, 15) is 14.4 Å². The van der Waals surface area contributed by atoms with Crippen LogP contribution in [0.2, 0.25) is 0 Å². The molecule has 0 aromatic rings. The summed E-state index contributed by atoms with van der Waals surface area (Å²) in [7, 11) is 0. The van der Waals surface area contributed by atoms with E-state index in [1.807, 2.05) is 0 Å². The average Bonchev–Trinajstić information content (AvgIpc) is 2.48. The Morgan fingerprint density at radius 3 is 2.13 bits per heavy atom. The van der Waals surface area contributed by atoms with Gasteiger partial charge in [-0.1, -0.05) is 6.42 Å². The Morgan fingerprint density at radius 1 is 1.00 bits per heavy atom. The standard InChI is InChI=1S/C17H28O4S2/c1-13(17(20)21)12-15(19)8-3-2-6-14(18)7-4-5-9-16(23)10-11-22/h12,16,22-23H,2-11H2,1H3,(H,20,21)/b13-12+. The molecule has 0 heterocycles. The summed E-state index contributed by atoms with van der Waals surface area (Å²) in [5.74, 6) is -0.195. The molecule has 0 saturated heterocycles. The number of unbranched alkanes of at least 4 members (excludes halogenated alkanes) is 2. The maximum Gasteiger partial charge on any atom is 0.331 e. The molecule has 0 rings (SSSR count). The maximum absolute atomic E-state index is 11.7. The largest absolute Gasteiger partial charge is 0.478 e. The minimum atomic E-state index is -1.08. The second-order valence-corrected chi connectivity index (χ2v) is 6.93. The number of rotatable bonds is 14. The van der Waals surface area contributed by atoms with Gasteiger partial charge in [-0.3, -0.25) is 9.59 Å². The molecule has 0 spiro atoms. The number of carbonyl (C=O) groups excluding carboxylic acids is 2. The normalized spacial score (nSPS) is 12.9. The molecule has 132 valence electrons. The molecule has 0 bridgehead atoms. The van der Waals surface area contributed by atoms with E-state index in [1.54, 1.807) is 0 Å². The van der Waals surface area contributed by atoms with E-state index in [1.165, 1.54) is 6.92 Å². The van der Waals surface area contributed by atoms with Gasteiger partial charge in [0, 0.05) is 30.1 Å². The monoisotopic (exact) mass is 360 g/mol. The molecule has 4 nitrogen and oxygen atoms in total. The third-order valence-corrected chi connectivity index (χ3v) is 4.32. The second-order valence-electron chi connectivity index (χ2n) is 5.76. The Labute approximate surface area is 149 Å². The van der Waals surface area contributed by atoms with Gasteiger partial charge in [0.15, 0.2) is 5.78 Å². The predicted molar refractivity (Wildman–Crippen MR) is 99.6 cm³/mol. The Balaban J connectivity index is 3.66. The van der Waals surface area contributed by atoms with Crippen molar-refractivity contribution in [3.05, 3.63) is 11.6 Å². The first-order valence-corrected chi connectivity index (χ1v) is 9.26. The highest BCUT2D eigenvalue weighted by Crippen LogP contribution is 2.14. The first kappa shape index (κ1) is 22.2. The minimum Gasteiger partial charge on any atom is -0.478 e. The van der Waals surface area contributed by atoms with Crippen molar-refractivity contribution in [2.24, 2.45) is 0 Å². The molecule has 1 unspecified atom stereocenters. The zero-order valence-electron chi connectivity index (χ0n) is 13.8. The van der Waals surface area contributed by atoms with Gasteiger partial charge in [-0.15, -0.1) is 0 Å². The van der Waals surface area contributed by atoms with Crippen molar-refractivity contribution >= 4 is 42.8 Å². The number of thiol groups is 2. The average molecular weight is 361 g/mol. The number of carboxylic acids is 1. The van der Waals surface area contributed by atoms with Crippen LogP contribution in [0.3, 0.4) is 0 Å². The highest BCUT2D eigenvalue weighted by Gasteiger charge is 2.07. The van der Waals surface area contributed by atoms with Crippen molar-refractivity contribution < 1.29 is 19.5 Å². The van der Waals surface area contributed by atoms with Crippen LogP contribution >= 0.6 is 25.3 Å². The van der Waals surface area contributed by atoms with E-state index in [4.69, 9.17) is 5.11 Å². The Hall–Kier alpha value is -0.750. The molecule has 6 heteroatoms. The van der Waals surface area contributed by atoms with Crippen molar-refractivity contribution in [2.75, 3.05) is 5.75 Å². The number of carbonyl (C=O) groups is 3. The second kappa shape index (κ2) is 13.7. The van der Waals surface area contributed by atoms with Gasteiger partial charge in [0.25, 0.3) is 0 Å². The number of Topliss-reactive ketones (excluding diaryl/α,β-unsaturated/α-hetero) is 1. The van der Waals surface area contributed by atoms with E-state index in [0.717, 1.165) is 37.5 Å². The van der Waals surface area contributed by atoms with Crippen molar-refractivity contribution in [2.45, 2.75) is 70.0 Å². The van der Waals surface area contributed by atoms with Gasteiger partial charge < -0.3 is 5.11 Å². The van der Waals surface area contributed by atoms with Crippen LogP contribution in [0.5, 0.6) is 0 Å². The zero-order chi connectivity index (χ0) is 17.7. The quantitative estimate of drug-likeness (QED) is 0.250. The van der Waals surface area contributed by atoms with Gasteiger partial charge in [0.05, 0.1) is 0 Å². The maximum atomic E-state index is 11.7. The lowest BCUT2D eigenvalue weighted by Crippen LogP contribution is -2.03. The molecule has 0 aliphatic heterocycles. The lowest BCUT2D eigenvalue weighted by Gasteiger charge is -2.08. The summed E-state index contributed by atoms with van der Waals surface area (Å²) in [5.41, 5.74) is 0.0477. The predicted octanol–water partition coefficient (Wildman–Crippen LogP) is 3.89. The van der Waals surface area contributed by atoms with Crippen LogP contribution in [0.4, 0.5) is 0 Å². The molecule has 0 aliphatic rings. The molecular formula is C17H28O4S2. The minimum absolute atomic E-state index is 0.0477. The molecule has 0 saturated carbocycles. The lowest BCUT2D eigenvalue weighted by atomic mass is 10.0. The molecule has 0 aromatic carbocycles. The van der Waals surface area contributed by atoms with Gasteiger partial charge in [-0.25, -0.2) is 4.79 Å². The molecular weight excluding hydrogens is 332 g/mol. The zero-order valence-corrected chi connectivity index (χ0v) is 15.6. The van der Waals surface area contributed by atoms with Crippen LogP contribution in [0.1, 0.15) is 64.7 Å². The van der Waals surface area contributed by atoms with Gasteiger partial charge in [-0.05, 0) is 50.9 Å². The molecule has 0 aromatic heterocycles. The number of hydrogen-bond acceptors (Lipinski definition) is 5. The Morgan fingerprint density at radius 2 is 1.57 bits per heavy atom. The summed E-state index contributed by atoms with van der Waals surface area (Å²) in [6.45, 7) is 1.40. The number of aliphatic carboxylic acids is 1. The van der Waals surface area contributed by atoms with Gasteiger partial charge in [0.1, 0.15) is 5.78 Å². The first-order chi connectivity index (χ1) is 10.9. The number of allylic oxidation sites excluding steroid dienone is 1. The van der Waals surface area contributed by atoms with Crippen molar-refractivity contribution in [1.29, 1.82) is 0 Å². The van der Waals surface area contributed by atoms with E-state index in [-0.39, 0.29) is 17.1 Å². The van der Waals surface area contributed by atoms with Crippen LogP contribution < -0.4 is 0 Å². The first-order valence-electron chi connectivity index (χ1n) is 8.11. The molecule has 0 aliphatic carbocycles. The molecule has 1 N–H and O–H groups in total. The highest BCUT2D eigenvalue weighted by molar-refractivity contribution is 7.81. The smallest absolute Gasteiger partial charge is 0.331 e. The van der Waals surface area contributed by atoms with Gasteiger partial charge >= 0.3 is 5.97 Å². The summed E-state index contributed by atoms with van der Waals surface area (Å²) in [6.07, 6.45) is 7.74. The molecule has 1 atom stereocenters. The van der Waals surface area contributed by atoms with Crippen LogP contribution in [0.15, 0.2) is 11.6 Å². The third kappa shape index (κ3) is 13.4. The summed E-state index contributed by atoms with van der Waals surface area (Å²) in [5, 5.41) is 9.04. The summed E-state index contributed by atoms with van der Waals surface area (Å²) in [4.78, 5) is 33.8. The molecule has 0 radical (unpaired) electrons. The lowest BCUT2D eigenvalue weighted by molar-refractivity contribution is -0.132. The topological polar surface area (TPSA) is 71.4 Å². The van der Waals surface area contributed by atoms with Crippen LogP contribution in [0.25, 0.3) is 0 Å². The Bertz CT molecular complexity index is 419. The summed E-state index contributed by atoms with van der Waals surface area (Å²) < 4.78 is 0. The van der Waals surface area contributed by atoms with E-state index in [0.29, 0.717) is 37.4 Å².